The lowest BCUT2D eigenvalue weighted by atomic mass is 9.92. The molecule has 0 aromatic rings. The standard InChI is InChI=1S/C16H30N2/c1-13-8-9-17-15(11-13)12-18-10-4-7-16(18)14-5-2-3-6-14/h13-17H,2-12H2,1H3. The monoisotopic (exact) mass is 250 g/mol. The van der Waals surface area contributed by atoms with Crippen LogP contribution in [0.1, 0.15) is 58.3 Å². The number of nitrogens with one attached hydrogen (secondary N) is 1. The molecule has 1 saturated carbocycles. The van der Waals surface area contributed by atoms with Crippen molar-refractivity contribution in [2.75, 3.05) is 19.6 Å². The summed E-state index contributed by atoms with van der Waals surface area (Å²) in [5.74, 6) is 1.97. The van der Waals surface area contributed by atoms with Crippen molar-refractivity contribution in [1.29, 1.82) is 0 Å². The Balaban J connectivity index is 1.54. The van der Waals surface area contributed by atoms with Gasteiger partial charge in [0, 0.05) is 18.6 Å². The van der Waals surface area contributed by atoms with Gasteiger partial charge in [-0.25, -0.2) is 0 Å². The molecule has 2 nitrogen and oxygen atoms in total. The van der Waals surface area contributed by atoms with Crippen LogP contribution in [0, 0.1) is 11.8 Å². The fourth-order valence-corrected chi connectivity index (χ4v) is 4.60. The topological polar surface area (TPSA) is 15.3 Å². The highest BCUT2D eigenvalue weighted by Gasteiger charge is 2.34. The van der Waals surface area contributed by atoms with Crippen molar-refractivity contribution in [2.45, 2.75) is 70.4 Å². The molecular formula is C16H30N2. The Kier molecular flexibility index (Phi) is 4.25. The lowest BCUT2D eigenvalue weighted by Crippen LogP contribution is -2.48. The van der Waals surface area contributed by atoms with Gasteiger partial charge in [0.2, 0.25) is 0 Å². The summed E-state index contributed by atoms with van der Waals surface area (Å²) in [5, 5.41) is 3.75. The molecule has 2 heteroatoms. The molecule has 3 unspecified atom stereocenters. The Bertz CT molecular complexity index is 260. The zero-order chi connectivity index (χ0) is 12.4. The van der Waals surface area contributed by atoms with Crippen LogP contribution in [-0.4, -0.2) is 36.6 Å². The second kappa shape index (κ2) is 5.92. The molecule has 2 saturated heterocycles. The van der Waals surface area contributed by atoms with Gasteiger partial charge in [0.25, 0.3) is 0 Å². The van der Waals surface area contributed by atoms with E-state index in [4.69, 9.17) is 0 Å². The van der Waals surface area contributed by atoms with Gasteiger partial charge in [-0.2, -0.15) is 0 Å². The maximum Gasteiger partial charge on any atom is 0.0197 e. The molecule has 0 aromatic heterocycles. The van der Waals surface area contributed by atoms with Crippen molar-refractivity contribution in [3.63, 3.8) is 0 Å². The fraction of sp³-hybridized carbons (Fsp3) is 1.00. The van der Waals surface area contributed by atoms with E-state index in [-0.39, 0.29) is 0 Å². The van der Waals surface area contributed by atoms with E-state index in [1.54, 1.807) is 0 Å². The maximum atomic E-state index is 3.75. The Hall–Kier alpha value is -0.0800. The first kappa shape index (κ1) is 12.9. The summed E-state index contributed by atoms with van der Waals surface area (Å²) in [6.07, 6.45) is 11.7. The molecule has 1 aliphatic carbocycles. The Morgan fingerprint density at radius 3 is 2.67 bits per heavy atom. The van der Waals surface area contributed by atoms with E-state index in [1.807, 2.05) is 0 Å². The normalized spacial score (nSPS) is 39.5. The Morgan fingerprint density at radius 1 is 1.06 bits per heavy atom. The van der Waals surface area contributed by atoms with Gasteiger partial charge in [0.1, 0.15) is 0 Å². The first-order chi connectivity index (χ1) is 8.83. The van der Waals surface area contributed by atoms with Crippen LogP contribution in [0.4, 0.5) is 0 Å². The van der Waals surface area contributed by atoms with Crippen LogP contribution in [-0.2, 0) is 0 Å². The van der Waals surface area contributed by atoms with Crippen LogP contribution < -0.4 is 5.32 Å². The lowest BCUT2D eigenvalue weighted by Gasteiger charge is -2.35. The average molecular weight is 250 g/mol. The van der Waals surface area contributed by atoms with Crippen molar-refractivity contribution in [1.82, 2.24) is 10.2 Å². The molecule has 1 N–H and O–H groups in total. The van der Waals surface area contributed by atoms with Crippen molar-refractivity contribution in [3.05, 3.63) is 0 Å². The number of nitrogens with zero attached hydrogens (tertiary/aromatic N) is 1. The zero-order valence-corrected chi connectivity index (χ0v) is 12.0. The molecule has 0 amide bonds. The number of piperidine rings is 1. The largest absolute Gasteiger partial charge is 0.313 e. The van der Waals surface area contributed by atoms with E-state index in [9.17, 15) is 0 Å². The van der Waals surface area contributed by atoms with E-state index < -0.39 is 0 Å². The summed E-state index contributed by atoms with van der Waals surface area (Å²) in [7, 11) is 0. The first-order valence-electron chi connectivity index (χ1n) is 8.30. The quantitative estimate of drug-likeness (QED) is 0.828. The summed E-state index contributed by atoms with van der Waals surface area (Å²) in [6, 6.07) is 1.71. The van der Waals surface area contributed by atoms with Crippen LogP contribution in [0.3, 0.4) is 0 Å². The van der Waals surface area contributed by atoms with Crippen LogP contribution in [0.25, 0.3) is 0 Å². The molecule has 104 valence electrons. The minimum Gasteiger partial charge on any atom is -0.313 e. The van der Waals surface area contributed by atoms with Gasteiger partial charge >= 0.3 is 0 Å². The molecule has 2 aliphatic heterocycles. The van der Waals surface area contributed by atoms with Gasteiger partial charge in [-0.1, -0.05) is 19.8 Å². The molecule has 3 atom stereocenters. The van der Waals surface area contributed by atoms with Crippen LogP contribution in [0.5, 0.6) is 0 Å². The van der Waals surface area contributed by atoms with Gasteiger partial charge in [-0.3, -0.25) is 4.90 Å². The molecule has 0 spiro atoms. The molecule has 3 rings (SSSR count). The minimum atomic E-state index is 0.774. The van der Waals surface area contributed by atoms with Crippen LogP contribution in [0.15, 0.2) is 0 Å². The summed E-state index contributed by atoms with van der Waals surface area (Å²) < 4.78 is 0. The predicted molar refractivity (Wildman–Crippen MR) is 76.7 cm³/mol. The highest BCUT2D eigenvalue weighted by molar-refractivity contribution is 4.90. The predicted octanol–water partition coefficient (Wildman–Crippen LogP) is 3.03. The first-order valence-corrected chi connectivity index (χ1v) is 8.30. The van der Waals surface area contributed by atoms with Crippen molar-refractivity contribution in [2.24, 2.45) is 11.8 Å². The zero-order valence-electron chi connectivity index (χ0n) is 12.0. The van der Waals surface area contributed by atoms with Gasteiger partial charge < -0.3 is 5.32 Å². The molecule has 0 aromatic carbocycles. The van der Waals surface area contributed by atoms with Crippen LogP contribution in [0.2, 0.25) is 0 Å². The van der Waals surface area contributed by atoms with Gasteiger partial charge in [0.05, 0.1) is 0 Å². The van der Waals surface area contributed by atoms with E-state index in [0.717, 1.165) is 23.9 Å². The van der Waals surface area contributed by atoms with Crippen molar-refractivity contribution >= 4 is 0 Å². The third-order valence-electron chi connectivity index (χ3n) is 5.57. The van der Waals surface area contributed by atoms with Crippen LogP contribution >= 0.6 is 0 Å². The Morgan fingerprint density at radius 2 is 1.89 bits per heavy atom. The maximum absolute atomic E-state index is 3.75. The van der Waals surface area contributed by atoms with E-state index >= 15 is 0 Å². The van der Waals surface area contributed by atoms with Gasteiger partial charge in [-0.05, 0) is 63.5 Å². The lowest BCUT2D eigenvalue weighted by molar-refractivity contribution is 0.155. The van der Waals surface area contributed by atoms with E-state index in [0.29, 0.717) is 0 Å². The summed E-state index contributed by atoms with van der Waals surface area (Å²) in [5.41, 5.74) is 0. The molecule has 3 aliphatic rings. The highest BCUT2D eigenvalue weighted by atomic mass is 15.2. The van der Waals surface area contributed by atoms with E-state index in [1.165, 1.54) is 71.0 Å². The third kappa shape index (κ3) is 2.91. The molecule has 0 bridgehead atoms. The molecule has 3 fully saturated rings. The van der Waals surface area contributed by atoms with E-state index in [2.05, 4.69) is 17.1 Å². The Labute approximate surface area is 113 Å². The second-order valence-corrected chi connectivity index (χ2v) is 7.03. The minimum absolute atomic E-state index is 0.774. The number of likely N-dealkylation sites (tertiary alicyclic amines) is 1. The summed E-state index contributed by atoms with van der Waals surface area (Å²) in [6.45, 7) is 6.36. The summed E-state index contributed by atoms with van der Waals surface area (Å²) in [4.78, 5) is 2.84. The van der Waals surface area contributed by atoms with Gasteiger partial charge in [0.15, 0.2) is 0 Å². The SMILES string of the molecule is CC1CCNC(CN2CCCC2C2CCCC2)C1. The number of hydrogen-bond donors (Lipinski definition) is 1. The second-order valence-electron chi connectivity index (χ2n) is 7.03. The molecule has 2 heterocycles. The fourth-order valence-electron chi connectivity index (χ4n) is 4.60. The summed E-state index contributed by atoms with van der Waals surface area (Å²) >= 11 is 0. The highest BCUT2D eigenvalue weighted by Crippen LogP contribution is 2.35. The number of hydrogen-bond acceptors (Lipinski definition) is 2. The smallest absolute Gasteiger partial charge is 0.0197 e. The number of rotatable bonds is 3. The van der Waals surface area contributed by atoms with Gasteiger partial charge in [-0.15, -0.1) is 0 Å². The third-order valence-corrected chi connectivity index (χ3v) is 5.57. The van der Waals surface area contributed by atoms with Crippen molar-refractivity contribution in [3.8, 4) is 0 Å². The molecular weight excluding hydrogens is 220 g/mol. The molecule has 0 radical (unpaired) electrons. The van der Waals surface area contributed by atoms with Crippen molar-refractivity contribution < 1.29 is 0 Å². The average Bonchev–Trinajstić information content (AvgIpc) is 2.98. The molecule has 18 heavy (non-hydrogen) atoms.